The van der Waals surface area contributed by atoms with E-state index in [-0.39, 0.29) is 35.4 Å². The Hall–Kier alpha value is -1.63. The number of rotatable bonds is 5. The third-order valence-corrected chi connectivity index (χ3v) is 7.91. The third kappa shape index (κ3) is 4.44. The minimum atomic E-state index is -0.329. The second-order valence-corrected chi connectivity index (χ2v) is 10.0. The average molecular weight is 407 g/mol. The van der Waals surface area contributed by atoms with Crippen LogP contribution in [0.2, 0.25) is 0 Å². The van der Waals surface area contributed by atoms with Gasteiger partial charge in [0.2, 0.25) is 0 Å². The summed E-state index contributed by atoms with van der Waals surface area (Å²) in [5, 5.41) is 5.81. The van der Waals surface area contributed by atoms with Gasteiger partial charge in [-0.1, -0.05) is 0 Å². The number of hydrogen-bond acceptors (Lipinski definition) is 4. The van der Waals surface area contributed by atoms with Gasteiger partial charge in [-0.05, 0) is 70.1 Å². The van der Waals surface area contributed by atoms with E-state index < -0.39 is 0 Å². The van der Waals surface area contributed by atoms with Gasteiger partial charge in [0.1, 0.15) is 0 Å². The summed E-state index contributed by atoms with van der Waals surface area (Å²) in [4.78, 5) is 38.3. The quantitative estimate of drug-likeness (QED) is 0.595. The standard InChI is InChI=1S/C22H35N3O4/c1-3-29-20(27)18-4-6-25(7-5-18)14(2)19(26)23-21(28)24-22-11-15-8-16(12-22)10-17(9-15)13-22/h14-18H,3-13H2,1-2H3,(H2,23,24,26,28)/p+1/t14-,15?,16?,17?,22?/m1/s1. The second kappa shape index (κ2) is 8.25. The normalized spacial score (nSPS) is 38.9. The minimum Gasteiger partial charge on any atom is -0.466 e. The monoisotopic (exact) mass is 406 g/mol. The molecule has 4 saturated carbocycles. The summed E-state index contributed by atoms with van der Waals surface area (Å²) < 4.78 is 5.11. The van der Waals surface area contributed by atoms with Crippen molar-refractivity contribution in [2.45, 2.75) is 76.8 Å². The summed E-state index contributed by atoms with van der Waals surface area (Å²) in [6.07, 6.45) is 8.64. The Kier molecular flexibility index (Phi) is 5.87. The van der Waals surface area contributed by atoms with Gasteiger partial charge in [-0.2, -0.15) is 0 Å². The molecule has 29 heavy (non-hydrogen) atoms. The number of esters is 1. The fraction of sp³-hybridized carbons (Fsp3) is 0.864. The molecular formula is C22H36N3O4+. The molecule has 1 heterocycles. The number of piperidine rings is 1. The predicted octanol–water partition coefficient (Wildman–Crippen LogP) is 1.03. The molecule has 4 aliphatic carbocycles. The zero-order chi connectivity index (χ0) is 20.6. The molecule has 1 atom stereocenters. The van der Waals surface area contributed by atoms with Gasteiger partial charge >= 0.3 is 12.0 Å². The maximum Gasteiger partial charge on any atom is 0.322 e. The maximum absolute atomic E-state index is 12.7. The van der Waals surface area contributed by atoms with Crippen molar-refractivity contribution < 1.29 is 24.0 Å². The molecule has 1 aliphatic heterocycles. The van der Waals surface area contributed by atoms with Crippen LogP contribution in [0.5, 0.6) is 0 Å². The molecule has 5 fully saturated rings. The molecule has 0 aromatic carbocycles. The van der Waals surface area contributed by atoms with E-state index in [1.54, 1.807) is 0 Å². The zero-order valence-electron chi connectivity index (χ0n) is 17.8. The number of carbonyl (C=O) groups is 3. The van der Waals surface area contributed by atoms with Crippen molar-refractivity contribution in [3.05, 3.63) is 0 Å². The molecule has 0 unspecified atom stereocenters. The molecule has 0 aromatic rings. The van der Waals surface area contributed by atoms with Crippen molar-refractivity contribution in [3.63, 3.8) is 0 Å². The van der Waals surface area contributed by atoms with Crippen molar-refractivity contribution in [1.82, 2.24) is 10.6 Å². The van der Waals surface area contributed by atoms with Crippen molar-refractivity contribution in [2.24, 2.45) is 23.7 Å². The fourth-order valence-electron chi connectivity index (χ4n) is 6.86. The first-order valence-corrected chi connectivity index (χ1v) is 11.5. The number of nitrogens with one attached hydrogen (secondary N) is 3. The smallest absolute Gasteiger partial charge is 0.322 e. The number of carbonyl (C=O) groups excluding carboxylic acids is 3. The Morgan fingerprint density at radius 2 is 1.59 bits per heavy atom. The highest BCUT2D eigenvalue weighted by molar-refractivity contribution is 5.96. The van der Waals surface area contributed by atoms with Crippen molar-refractivity contribution >= 4 is 17.9 Å². The molecule has 0 radical (unpaired) electrons. The summed E-state index contributed by atoms with van der Waals surface area (Å²) in [6, 6.07) is -0.634. The lowest BCUT2D eigenvalue weighted by Crippen LogP contribution is -3.17. The van der Waals surface area contributed by atoms with Crippen molar-refractivity contribution in [3.8, 4) is 0 Å². The van der Waals surface area contributed by atoms with Gasteiger partial charge in [0, 0.05) is 18.4 Å². The summed E-state index contributed by atoms with van der Waals surface area (Å²) >= 11 is 0. The van der Waals surface area contributed by atoms with E-state index >= 15 is 0 Å². The van der Waals surface area contributed by atoms with Gasteiger partial charge in [-0.3, -0.25) is 14.9 Å². The van der Waals surface area contributed by atoms with Crippen LogP contribution in [0.25, 0.3) is 0 Å². The number of imide groups is 1. The van der Waals surface area contributed by atoms with Gasteiger partial charge in [0.25, 0.3) is 5.91 Å². The number of quaternary nitrogens is 1. The number of hydrogen-bond donors (Lipinski definition) is 3. The lowest BCUT2D eigenvalue weighted by Gasteiger charge is -2.56. The molecule has 5 rings (SSSR count). The summed E-state index contributed by atoms with van der Waals surface area (Å²) in [5.41, 5.74) is -0.0901. The van der Waals surface area contributed by atoms with E-state index in [4.69, 9.17) is 4.74 Å². The van der Waals surface area contributed by atoms with Crippen LogP contribution < -0.4 is 15.5 Å². The Labute approximate surface area is 173 Å². The largest absolute Gasteiger partial charge is 0.466 e. The van der Waals surface area contributed by atoms with E-state index in [0.717, 1.165) is 67.8 Å². The first-order valence-electron chi connectivity index (χ1n) is 11.5. The van der Waals surface area contributed by atoms with Crippen LogP contribution in [0.15, 0.2) is 0 Å². The molecule has 5 aliphatic rings. The van der Waals surface area contributed by atoms with Gasteiger partial charge in [0.05, 0.1) is 25.6 Å². The highest BCUT2D eigenvalue weighted by atomic mass is 16.5. The van der Waals surface area contributed by atoms with Gasteiger partial charge in [-0.25, -0.2) is 4.79 Å². The van der Waals surface area contributed by atoms with Gasteiger partial charge in [-0.15, -0.1) is 0 Å². The lowest BCUT2D eigenvalue weighted by atomic mass is 9.53. The first-order chi connectivity index (χ1) is 13.9. The van der Waals surface area contributed by atoms with Crippen LogP contribution in [0, 0.1) is 23.7 Å². The molecule has 0 spiro atoms. The molecule has 7 nitrogen and oxygen atoms in total. The number of amides is 3. The molecule has 1 saturated heterocycles. The van der Waals surface area contributed by atoms with Crippen molar-refractivity contribution in [2.75, 3.05) is 19.7 Å². The predicted molar refractivity (Wildman–Crippen MR) is 107 cm³/mol. The molecule has 162 valence electrons. The van der Waals surface area contributed by atoms with E-state index in [9.17, 15) is 14.4 Å². The molecule has 0 aromatic heterocycles. The first kappa shape index (κ1) is 20.6. The molecule has 7 heteroatoms. The topological polar surface area (TPSA) is 88.9 Å². The Morgan fingerprint density at radius 3 is 2.10 bits per heavy atom. The highest BCUT2D eigenvalue weighted by Gasteiger charge is 2.51. The minimum absolute atomic E-state index is 0.0617. The summed E-state index contributed by atoms with van der Waals surface area (Å²) in [7, 11) is 0. The Morgan fingerprint density at radius 1 is 1.03 bits per heavy atom. The average Bonchev–Trinajstić information content (AvgIpc) is 2.66. The number of ether oxygens (including phenoxy) is 1. The molecule has 3 N–H and O–H groups in total. The van der Waals surface area contributed by atoms with E-state index in [2.05, 4.69) is 10.6 Å². The van der Waals surface area contributed by atoms with Crippen LogP contribution in [-0.2, 0) is 14.3 Å². The fourth-order valence-corrected chi connectivity index (χ4v) is 6.86. The van der Waals surface area contributed by atoms with Crippen LogP contribution >= 0.6 is 0 Å². The summed E-state index contributed by atoms with van der Waals surface area (Å²) in [5.74, 6) is 1.84. The number of urea groups is 1. The molecule has 3 amide bonds. The van der Waals surface area contributed by atoms with Crippen LogP contribution in [-0.4, -0.2) is 49.2 Å². The number of likely N-dealkylation sites (tertiary alicyclic amines) is 1. The lowest BCUT2D eigenvalue weighted by molar-refractivity contribution is -0.919. The summed E-state index contributed by atoms with van der Waals surface area (Å²) in [6.45, 7) is 5.58. The van der Waals surface area contributed by atoms with Crippen LogP contribution in [0.3, 0.4) is 0 Å². The Bertz CT molecular complexity index is 621. The highest BCUT2D eigenvalue weighted by Crippen LogP contribution is 2.55. The van der Waals surface area contributed by atoms with Crippen LogP contribution in [0.1, 0.15) is 65.2 Å². The van der Waals surface area contributed by atoms with Gasteiger partial charge in [0.15, 0.2) is 6.04 Å². The molecule has 4 bridgehead atoms. The second-order valence-electron chi connectivity index (χ2n) is 10.0. The Balaban J connectivity index is 1.25. The zero-order valence-corrected chi connectivity index (χ0v) is 17.8. The van der Waals surface area contributed by atoms with E-state index in [1.165, 1.54) is 19.3 Å². The SMILES string of the molecule is CCOC(=O)C1CC[NH+]([C@H](C)C(=O)NC(=O)NC23CC4CC(CC(C4)C2)C3)CC1. The maximum atomic E-state index is 12.7. The molecular weight excluding hydrogens is 370 g/mol. The van der Waals surface area contributed by atoms with E-state index in [1.807, 2.05) is 13.8 Å². The van der Waals surface area contributed by atoms with E-state index in [0.29, 0.717) is 6.61 Å². The van der Waals surface area contributed by atoms with Gasteiger partial charge < -0.3 is 15.0 Å². The van der Waals surface area contributed by atoms with Crippen molar-refractivity contribution in [1.29, 1.82) is 0 Å². The van der Waals surface area contributed by atoms with Crippen LogP contribution in [0.4, 0.5) is 4.79 Å². The third-order valence-electron chi connectivity index (χ3n) is 7.91.